The zero-order chi connectivity index (χ0) is 11.4. The highest BCUT2D eigenvalue weighted by atomic mass is 16.2. The number of hydrogen-bond donors (Lipinski definition) is 2. The van der Waals surface area contributed by atoms with E-state index >= 15 is 0 Å². The monoisotopic (exact) mass is 226 g/mol. The van der Waals surface area contributed by atoms with Crippen molar-refractivity contribution in [1.29, 1.82) is 0 Å². The summed E-state index contributed by atoms with van der Waals surface area (Å²) in [6.45, 7) is 6.36. The molecule has 3 nitrogen and oxygen atoms in total. The van der Waals surface area contributed by atoms with Crippen LogP contribution in [0.4, 0.5) is 0 Å². The van der Waals surface area contributed by atoms with E-state index in [-0.39, 0.29) is 0 Å². The van der Waals surface area contributed by atoms with Crippen molar-refractivity contribution in [3.63, 3.8) is 0 Å². The second-order valence-corrected chi connectivity index (χ2v) is 5.44. The third-order valence-electron chi connectivity index (χ3n) is 4.28. The summed E-state index contributed by atoms with van der Waals surface area (Å²) in [6.07, 6.45) is 6.16. The maximum atomic E-state index is 8.95. The third kappa shape index (κ3) is 2.76. The first-order valence-corrected chi connectivity index (χ1v) is 6.90. The molecule has 2 aliphatic heterocycles. The standard InChI is InChI=1S/C13H26N2O/c1-11-10-14-7-6-13(11)15-8-2-4-12(15)5-3-9-16/h11-14,16H,2-10H2,1H3/t11?,12-,13?/m0/s1. The Morgan fingerprint density at radius 3 is 3.00 bits per heavy atom. The molecule has 2 aliphatic rings. The summed E-state index contributed by atoms with van der Waals surface area (Å²) >= 11 is 0. The zero-order valence-corrected chi connectivity index (χ0v) is 10.5. The smallest absolute Gasteiger partial charge is 0.0431 e. The summed E-state index contributed by atoms with van der Waals surface area (Å²) in [5.41, 5.74) is 0. The Kier molecular flexibility index (Phi) is 4.62. The molecule has 2 N–H and O–H groups in total. The van der Waals surface area contributed by atoms with Crippen molar-refractivity contribution >= 4 is 0 Å². The maximum absolute atomic E-state index is 8.95. The number of hydrogen-bond acceptors (Lipinski definition) is 3. The molecule has 2 heterocycles. The van der Waals surface area contributed by atoms with Gasteiger partial charge in [0.15, 0.2) is 0 Å². The fraction of sp³-hybridized carbons (Fsp3) is 1.00. The fourth-order valence-electron chi connectivity index (χ4n) is 3.42. The van der Waals surface area contributed by atoms with Crippen LogP contribution < -0.4 is 5.32 Å². The van der Waals surface area contributed by atoms with Gasteiger partial charge in [0, 0.05) is 18.7 Å². The van der Waals surface area contributed by atoms with Gasteiger partial charge in [0.05, 0.1) is 0 Å². The summed E-state index contributed by atoms with van der Waals surface area (Å²) in [5, 5.41) is 12.4. The van der Waals surface area contributed by atoms with E-state index in [9.17, 15) is 0 Å². The van der Waals surface area contributed by atoms with E-state index in [0.29, 0.717) is 6.61 Å². The predicted molar refractivity (Wildman–Crippen MR) is 66.5 cm³/mol. The van der Waals surface area contributed by atoms with Crippen molar-refractivity contribution in [2.24, 2.45) is 5.92 Å². The lowest BCUT2D eigenvalue weighted by atomic mass is 9.92. The van der Waals surface area contributed by atoms with Crippen LogP contribution in [0, 0.1) is 5.92 Å². The molecule has 94 valence electrons. The van der Waals surface area contributed by atoms with Gasteiger partial charge in [-0.15, -0.1) is 0 Å². The van der Waals surface area contributed by atoms with Crippen molar-refractivity contribution in [1.82, 2.24) is 10.2 Å². The number of likely N-dealkylation sites (tertiary alicyclic amines) is 1. The average Bonchev–Trinajstić information content (AvgIpc) is 2.75. The minimum Gasteiger partial charge on any atom is -0.396 e. The van der Waals surface area contributed by atoms with E-state index in [1.54, 1.807) is 0 Å². The lowest BCUT2D eigenvalue weighted by Gasteiger charge is -2.40. The Hall–Kier alpha value is -0.120. The number of piperidine rings is 1. The first-order chi connectivity index (χ1) is 7.83. The second-order valence-electron chi connectivity index (χ2n) is 5.44. The Morgan fingerprint density at radius 1 is 1.38 bits per heavy atom. The van der Waals surface area contributed by atoms with Crippen LogP contribution in [0.2, 0.25) is 0 Å². The van der Waals surface area contributed by atoms with Crippen LogP contribution in [0.3, 0.4) is 0 Å². The van der Waals surface area contributed by atoms with Crippen molar-refractivity contribution in [2.45, 2.75) is 51.1 Å². The molecule has 2 saturated heterocycles. The highest BCUT2D eigenvalue weighted by Gasteiger charge is 2.34. The molecule has 2 fully saturated rings. The lowest BCUT2D eigenvalue weighted by Crippen LogP contribution is -2.50. The van der Waals surface area contributed by atoms with Crippen LogP contribution >= 0.6 is 0 Å². The molecule has 0 aromatic carbocycles. The zero-order valence-electron chi connectivity index (χ0n) is 10.5. The van der Waals surface area contributed by atoms with Gasteiger partial charge < -0.3 is 10.4 Å². The molecule has 16 heavy (non-hydrogen) atoms. The fourth-order valence-corrected chi connectivity index (χ4v) is 3.42. The first-order valence-electron chi connectivity index (χ1n) is 6.90. The van der Waals surface area contributed by atoms with Crippen LogP contribution in [-0.4, -0.2) is 48.3 Å². The number of rotatable bonds is 4. The van der Waals surface area contributed by atoms with Crippen LogP contribution in [-0.2, 0) is 0 Å². The van der Waals surface area contributed by atoms with E-state index < -0.39 is 0 Å². The Balaban J connectivity index is 1.90. The molecule has 3 atom stereocenters. The minimum absolute atomic E-state index is 0.353. The van der Waals surface area contributed by atoms with Gasteiger partial charge in [-0.2, -0.15) is 0 Å². The summed E-state index contributed by atoms with van der Waals surface area (Å²) in [7, 11) is 0. The van der Waals surface area contributed by atoms with Gasteiger partial charge in [-0.25, -0.2) is 0 Å². The first kappa shape index (κ1) is 12.3. The molecule has 0 saturated carbocycles. The second kappa shape index (κ2) is 5.99. The summed E-state index contributed by atoms with van der Waals surface area (Å²) < 4.78 is 0. The largest absolute Gasteiger partial charge is 0.396 e. The maximum Gasteiger partial charge on any atom is 0.0431 e. The topological polar surface area (TPSA) is 35.5 Å². The van der Waals surface area contributed by atoms with Crippen LogP contribution in [0.1, 0.15) is 39.0 Å². The molecule has 0 aromatic rings. The van der Waals surface area contributed by atoms with Crippen molar-refractivity contribution < 1.29 is 5.11 Å². The highest BCUT2D eigenvalue weighted by Crippen LogP contribution is 2.29. The van der Waals surface area contributed by atoms with Gasteiger partial charge >= 0.3 is 0 Å². The van der Waals surface area contributed by atoms with Crippen LogP contribution in [0.15, 0.2) is 0 Å². The number of nitrogens with one attached hydrogen (secondary N) is 1. The Labute approximate surface area is 99.2 Å². The molecule has 3 heteroatoms. The van der Waals surface area contributed by atoms with Gasteiger partial charge in [0.2, 0.25) is 0 Å². The van der Waals surface area contributed by atoms with Gasteiger partial charge in [-0.1, -0.05) is 6.92 Å². The van der Waals surface area contributed by atoms with Gasteiger partial charge in [-0.3, -0.25) is 4.90 Å². The van der Waals surface area contributed by atoms with Crippen LogP contribution in [0.25, 0.3) is 0 Å². The Morgan fingerprint density at radius 2 is 2.25 bits per heavy atom. The predicted octanol–water partition coefficient (Wildman–Crippen LogP) is 1.22. The van der Waals surface area contributed by atoms with Crippen molar-refractivity contribution in [3.05, 3.63) is 0 Å². The molecule has 0 aromatic heterocycles. The van der Waals surface area contributed by atoms with Gasteiger partial charge in [0.1, 0.15) is 0 Å². The van der Waals surface area contributed by atoms with Gasteiger partial charge in [0.25, 0.3) is 0 Å². The van der Waals surface area contributed by atoms with E-state index in [4.69, 9.17) is 5.11 Å². The van der Waals surface area contributed by atoms with Crippen molar-refractivity contribution in [3.8, 4) is 0 Å². The minimum atomic E-state index is 0.353. The number of nitrogens with zero attached hydrogens (tertiary/aromatic N) is 1. The van der Waals surface area contributed by atoms with E-state index in [0.717, 1.165) is 24.4 Å². The Bertz CT molecular complexity index is 210. The van der Waals surface area contributed by atoms with Gasteiger partial charge in [-0.05, 0) is 57.7 Å². The third-order valence-corrected chi connectivity index (χ3v) is 4.28. The molecule has 2 rings (SSSR count). The molecule has 0 bridgehead atoms. The molecular weight excluding hydrogens is 200 g/mol. The molecule has 0 spiro atoms. The molecule has 0 aliphatic carbocycles. The number of aliphatic hydroxyl groups excluding tert-OH is 1. The SMILES string of the molecule is CC1CNCCC1N1CCC[C@H]1CCCO. The molecule has 0 radical (unpaired) electrons. The average molecular weight is 226 g/mol. The van der Waals surface area contributed by atoms with E-state index in [2.05, 4.69) is 17.1 Å². The summed E-state index contributed by atoms with van der Waals surface area (Å²) in [4.78, 5) is 2.74. The normalized spacial score (nSPS) is 36.8. The summed E-state index contributed by atoms with van der Waals surface area (Å²) in [6, 6.07) is 1.53. The van der Waals surface area contributed by atoms with Crippen molar-refractivity contribution in [2.75, 3.05) is 26.2 Å². The molecule has 2 unspecified atom stereocenters. The van der Waals surface area contributed by atoms with Crippen LogP contribution in [0.5, 0.6) is 0 Å². The molecule has 0 amide bonds. The number of aliphatic hydroxyl groups is 1. The summed E-state index contributed by atoms with van der Waals surface area (Å²) in [5.74, 6) is 0.781. The lowest BCUT2D eigenvalue weighted by molar-refractivity contribution is 0.0993. The highest BCUT2D eigenvalue weighted by molar-refractivity contribution is 4.90. The van der Waals surface area contributed by atoms with E-state index in [1.165, 1.54) is 45.3 Å². The quantitative estimate of drug-likeness (QED) is 0.756. The van der Waals surface area contributed by atoms with E-state index in [1.807, 2.05) is 0 Å². The molecular formula is C13H26N2O.